The van der Waals surface area contributed by atoms with E-state index in [0.29, 0.717) is 71.2 Å². The van der Waals surface area contributed by atoms with E-state index >= 15 is 0 Å². The highest BCUT2D eigenvalue weighted by atomic mass is 32.2. The lowest BCUT2D eigenvalue weighted by Gasteiger charge is -2.69. The molecular formula is C58H69N11O11S2. The molecular weight excluding hydrogens is 1090 g/mol. The summed E-state index contributed by atoms with van der Waals surface area (Å²) in [5.74, 6) is -3.00. The van der Waals surface area contributed by atoms with E-state index in [2.05, 4.69) is 29.5 Å². The van der Waals surface area contributed by atoms with Crippen LogP contribution in [-0.2, 0) is 50.5 Å². The number of carbonyl (C=O) groups excluding carboxylic acids is 4. The van der Waals surface area contributed by atoms with Gasteiger partial charge in [0.15, 0.2) is 10.8 Å². The molecule has 3 aromatic carbocycles. The number of carboxylic acids is 1. The number of aromatic nitrogens is 4. The summed E-state index contributed by atoms with van der Waals surface area (Å²) in [6.45, 7) is 7.37. The molecule has 10 N–H and O–H groups in total. The molecule has 5 aliphatic rings. The third kappa shape index (κ3) is 12.6. The van der Waals surface area contributed by atoms with Crippen molar-refractivity contribution in [3.05, 3.63) is 124 Å². The zero-order valence-electron chi connectivity index (χ0n) is 46.1. The number of amides is 5. The van der Waals surface area contributed by atoms with Crippen molar-refractivity contribution in [1.29, 1.82) is 0 Å². The van der Waals surface area contributed by atoms with E-state index in [-0.39, 0.29) is 67.1 Å². The van der Waals surface area contributed by atoms with Gasteiger partial charge in [-0.05, 0) is 127 Å². The van der Waals surface area contributed by atoms with Crippen molar-refractivity contribution < 1.29 is 51.5 Å². The second-order valence-corrected chi connectivity index (χ2v) is 26.3. The van der Waals surface area contributed by atoms with Gasteiger partial charge in [0.25, 0.3) is 16.0 Å². The van der Waals surface area contributed by atoms with Gasteiger partial charge in [-0.1, -0.05) is 73.7 Å². The molecule has 4 aliphatic carbocycles. The fourth-order valence-corrected chi connectivity index (χ4v) is 15.9. The van der Waals surface area contributed by atoms with Gasteiger partial charge in [-0.2, -0.15) is 13.5 Å². The molecule has 3 aromatic heterocycles. The van der Waals surface area contributed by atoms with Crippen LogP contribution in [0.15, 0.2) is 85.1 Å². The van der Waals surface area contributed by atoms with Crippen LogP contribution in [0.3, 0.4) is 0 Å². The van der Waals surface area contributed by atoms with E-state index < -0.39 is 57.4 Å². The maximum absolute atomic E-state index is 13.9. The molecule has 82 heavy (non-hydrogen) atoms. The van der Waals surface area contributed by atoms with Gasteiger partial charge in [0.1, 0.15) is 12.4 Å². The molecule has 4 atom stereocenters. The summed E-state index contributed by atoms with van der Waals surface area (Å²) in [6.07, 6.45) is 6.62. The van der Waals surface area contributed by atoms with Crippen molar-refractivity contribution >= 4 is 72.5 Å². The van der Waals surface area contributed by atoms with Crippen molar-refractivity contribution in [2.24, 2.45) is 33.4 Å². The molecule has 4 fully saturated rings. The fraction of sp³-hybridized carbons (Fsp3) is 0.448. The minimum atomic E-state index is -4.48. The maximum atomic E-state index is 13.9. The molecule has 24 heteroatoms. The van der Waals surface area contributed by atoms with Crippen molar-refractivity contribution in [3.63, 3.8) is 0 Å². The number of anilines is 2. The molecule has 4 heterocycles. The van der Waals surface area contributed by atoms with Gasteiger partial charge in [0, 0.05) is 67.6 Å². The predicted molar refractivity (Wildman–Crippen MR) is 308 cm³/mol. The molecule has 4 saturated carbocycles. The van der Waals surface area contributed by atoms with E-state index in [4.69, 9.17) is 36.8 Å². The highest BCUT2D eigenvalue weighted by Crippen LogP contribution is 2.72. The van der Waals surface area contributed by atoms with Gasteiger partial charge in [-0.15, -0.1) is 0 Å². The van der Waals surface area contributed by atoms with E-state index in [1.54, 1.807) is 42.6 Å². The monoisotopic (exact) mass is 1160 g/mol. The molecule has 434 valence electrons. The Balaban J connectivity index is 0.828. The highest BCUT2D eigenvalue weighted by Gasteiger charge is 2.66. The molecule has 4 bridgehead atoms. The normalized spacial score (nSPS) is 22.5. The molecule has 3 unspecified atom stereocenters. The molecule has 5 amide bonds. The first-order chi connectivity index (χ1) is 38.9. The summed E-state index contributed by atoms with van der Waals surface area (Å²) in [7, 11) is -4.48. The number of ether oxygens (including phenoxy) is 2. The number of carboxylic acid groups (broad SMARTS) is 1. The van der Waals surface area contributed by atoms with Gasteiger partial charge >= 0.3 is 18.1 Å². The second kappa shape index (κ2) is 22.7. The van der Waals surface area contributed by atoms with E-state index in [0.717, 1.165) is 59.1 Å². The van der Waals surface area contributed by atoms with Gasteiger partial charge in [-0.25, -0.2) is 24.4 Å². The number of nitrogens with zero attached hydrogens (tertiary/aromatic N) is 6. The van der Waals surface area contributed by atoms with Crippen LogP contribution < -0.4 is 32.7 Å². The number of carbonyl (C=O) groups is 5. The lowest BCUT2D eigenvalue weighted by Crippen LogP contribution is -2.64. The fourth-order valence-electron chi connectivity index (χ4n) is 14.6. The van der Waals surface area contributed by atoms with Crippen molar-refractivity contribution in [1.82, 2.24) is 30.0 Å². The van der Waals surface area contributed by atoms with Crippen LogP contribution in [0.1, 0.15) is 114 Å². The summed E-state index contributed by atoms with van der Waals surface area (Å²) in [4.78, 5) is 76.9. The molecule has 11 rings (SSSR count). The minimum absolute atomic E-state index is 0.0136. The van der Waals surface area contributed by atoms with Crippen molar-refractivity contribution in [3.8, 4) is 11.1 Å². The van der Waals surface area contributed by atoms with Crippen molar-refractivity contribution in [2.45, 2.75) is 109 Å². The number of aromatic carboxylic acids is 1. The first-order valence-corrected chi connectivity index (χ1v) is 29.8. The summed E-state index contributed by atoms with van der Waals surface area (Å²) < 4.78 is 49.5. The molecule has 0 radical (unpaired) electrons. The van der Waals surface area contributed by atoms with Gasteiger partial charge in [-0.3, -0.25) is 24.1 Å². The molecule has 22 nitrogen and oxygen atoms in total. The Labute approximate surface area is 478 Å². The Morgan fingerprint density at radius 2 is 1.63 bits per heavy atom. The Kier molecular flexibility index (Phi) is 16.0. The van der Waals surface area contributed by atoms with Gasteiger partial charge in [0.05, 0.1) is 40.4 Å². The molecule has 6 aromatic rings. The van der Waals surface area contributed by atoms with E-state index in [9.17, 15) is 42.0 Å². The molecule has 0 spiro atoms. The number of thiazole rings is 1. The standard InChI is InChI=1S/C58H69N11O11S2/c1-35-42(40-15-16-47(65-48(40)51(72)73)68-18-17-36-10-8-12-41(43(36)26-68)50(71)66-53-64-45-13-6-7-14-46(45)81-53)25-63-69(35)34-57-29-55(2)28-56(3,30-57)32-58(31-55,33-57)80-21-19-67(20-22-82(76,77)78)54(75)79-27-37-9-4-5-11-39(37)38(24-62-52(61)74)23-44(59)49(60)70/h4-16,25,38,44H,17-24,26-34,59H2,1-3H3,(H2,60,70)(H,72,73)(H3,61,62,74)(H,64,66,71)(H,76,77,78)/t38?,44-,55?,56?,57?,58?/m0/s1. The van der Waals surface area contributed by atoms with Crippen LogP contribution in [0.2, 0.25) is 0 Å². The molecule has 0 saturated heterocycles. The molecule has 1 aliphatic heterocycles. The first-order valence-electron chi connectivity index (χ1n) is 27.4. The number of primary amides is 2. The predicted octanol–water partition coefficient (Wildman–Crippen LogP) is 6.99. The zero-order valence-corrected chi connectivity index (χ0v) is 47.7. The van der Waals surface area contributed by atoms with Gasteiger partial charge < -0.3 is 46.9 Å². The minimum Gasteiger partial charge on any atom is -0.476 e. The van der Waals surface area contributed by atoms with E-state index in [1.165, 1.54) is 16.2 Å². The van der Waals surface area contributed by atoms with Crippen LogP contribution in [-0.4, -0.2) is 123 Å². The first kappa shape index (κ1) is 57.7. The van der Waals surface area contributed by atoms with Gasteiger partial charge in [0.2, 0.25) is 5.91 Å². The third-order valence-electron chi connectivity index (χ3n) is 16.9. The average Bonchev–Trinajstić information content (AvgIpc) is 2.09. The van der Waals surface area contributed by atoms with Crippen LogP contribution in [0, 0.1) is 23.2 Å². The number of rotatable bonds is 22. The SMILES string of the molecule is Cc1c(-c2ccc(N3CCc4cccc(C(=O)Nc5nc6ccccc6s5)c4C3)nc2C(=O)O)cnn1CC12CC3(C)CC(C)(C1)CC(OCCN(CCS(=O)(=O)O)C(=O)OCc1ccccc1C(CNC(N)=O)C[C@H](N)C(N)=O)(C3)C2. The summed E-state index contributed by atoms with van der Waals surface area (Å²) in [6, 6.07) is 22.1. The van der Waals surface area contributed by atoms with Crippen molar-refractivity contribution in [2.75, 3.05) is 48.8 Å². The lowest BCUT2D eigenvalue weighted by atomic mass is 9.39. The largest absolute Gasteiger partial charge is 0.476 e. The summed E-state index contributed by atoms with van der Waals surface area (Å²) in [5, 5.41) is 21.6. The number of urea groups is 1. The number of hydrogen-bond acceptors (Lipinski definition) is 15. The Bertz CT molecular complexity index is 3540. The Morgan fingerprint density at radius 1 is 0.890 bits per heavy atom. The topological polar surface area (TPSA) is 331 Å². The Morgan fingerprint density at radius 3 is 2.35 bits per heavy atom. The summed E-state index contributed by atoms with van der Waals surface area (Å²) >= 11 is 1.40. The zero-order chi connectivity index (χ0) is 58.4. The number of para-hydroxylation sites is 1. The number of nitrogens with two attached hydrogens (primary N) is 3. The lowest BCUT2D eigenvalue weighted by molar-refractivity contribution is -0.248. The van der Waals surface area contributed by atoms with Crippen LogP contribution >= 0.6 is 11.3 Å². The number of fused-ring (bicyclic) bond motifs is 2. The number of benzene rings is 3. The van der Waals surface area contributed by atoms with Crippen LogP contribution in [0.4, 0.5) is 20.5 Å². The number of nitrogens with one attached hydrogen (secondary N) is 2. The second-order valence-electron chi connectivity index (χ2n) is 23.7. The number of pyridine rings is 1. The number of hydrogen-bond donors (Lipinski definition) is 7. The third-order valence-corrected chi connectivity index (χ3v) is 18.5. The Hall–Kier alpha value is -7.51. The van der Waals surface area contributed by atoms with Crippen LogP contribution in [0.25, 0.3) is 21.3 Å². The quantitative estimate of drug-likeness (QED) is 0.0337. The average molecular weight is 1160 g/mol. The maximum Gasteiger partial charge on any atom is 0.410 e. The summed E-state index contributed by atoms with van der Waals surface area (Å²) in [5.41, 5.74) is 21.9. The van der Waals surface area contributed by atoms with E-state index in [1.807, 2.05) is 59.0 Å². The smallest absolute Gasteiger partial charge is 0.410 e. The van der Waals surface area contributed by atoms with Crippen LogP contribution in [0.5, 0.6) is 0 Å². The highest BCUT2D eigenvalue weighted by molar-refractivity contribution is 7.85.